The van der Waals surface area contributed by atoms with E-state index in [1.54, 1.807) is 17.5 Å². The predicted octanol–water partition coefficient (Wildman–Crippen LogP) is 3.30. The van der Waals surface area contributed by atoms with Gasteiger partial charge in [-0.3, -0.25) is 9.20 Å². The van der Waals surface area contributed by atoms with Crippen molar-refractivity contribution < 1.29 is 9.90 Å². The van der Waals surface area contributed by atoms with Gasteiger partial charge in [-0.25, -0.2) is 14.8 Å². The van der Waals surface area contributed by atoms with Crippen LogP contribution in [0.25, 0.3) is 11.7 Å². The number of rotatable bonds is 8. The maximum absolute atomic E-state index is 13.3. The van der Waals surface area contributed by atoms with Crippen molar-refractivity contribution in [2.75, 3.05) is 32.1 Å². The molecule has 4 rings (SSSR count). The van der Waals surface area contributed by atoms with Gasteiger partial charge in [-0.05, 0) is 56.6 Å². The molecule has 1 fully saturated rings. The standard InChI is InChI=1S/C25H31N5O3S/c1-16(2)20-15-34-22(26-20)7-5-17-9-12-30-21(13-17)27-24(19(25(30)33)6-8-23(31)32)29-11-10-18(14-29)28(3)4/h6,8-9,12-13,15-16,18H,5,7,10-11,14H2,1-4H3,(H,31,32)/b8-6+/t18-/m0/s1. The summed E-state index contributed by atoms with van der Waals surface area (Å²) in [6.45, 7) is 5.79. The Labute approximate surface area is 203 Å². The van der Waals surface area contributed by atoms with E-state index in [1.165, 1.54) is 10.5 Å². The fourth-order valence-electron chi connectivity index (χ4n) is 4.19. The number of likely N-dealkylation sites (N-methyl/N-ethyl adjacent to an activating group) is 1. The minimum absolute atomic E-state index is 0.265. The Morgan fingerprint density at radius 3 is 2.76 bits per heavy atom. The summed E-state index contributed by atoms with van der Waals surface area (Å²) >= 11 is 1.69. The van der Waals surface area contributed by atoms with Crippen LogP contribution < -0.4 is 10.5 Å². The van der Waals surface area contributed by atoms with Gasteiger partial charge < -0.3 is 14.9 Å². The van der Waals surface area contributed by atoms with Gasteiger partial charge in [0, 0.05) is 43.2 Å². The van der Waals surface area contributed by atoms with E-state index < -0.39 is 5.97 Å². The first kappa shape index (κ1) is 24.1. The van der Waals surface area contributed by atoms with E-state index in [9.17, 15) is 9.59 Å². The molecule has 8 nitrogen and oxygen atoms in total. The minimum Gasteiger partial charge on any atom is -0.478 e. The van der Waals surface area contributed by atoms with Gasteiger partial charge in [0.2, 0.25) is 0 Å². The first-order chi connectivity index (χ1) is 16.2. The zero-order chi connectivity index (χ0) is 24.4. The van der Waals surface area contributed by atoms with Crippen LogP contribution in [0, 0.1) is 0 Å². The van der Waals surface area contributed by atoms with Crippen molar-refractivity contribution in [2.24, 2.45) is 0 Å². The van der Waals surface area contributed by atoms with E-state index in [0.717, 1.165) is 54.7 Å². The van der Waals surface area contributed by atoms with E-state index in [2.05, 4.69) is 29.0 Å². The fourth-order valence-corrected chi connectivity index (χ4v) is 5.15. The smallest absolute Gasteiger partial charge is 0.328 e. The number of anilines is 1. The van der Waals surface area contributed by atoms with Gasteiger partial charge >= 0.3 is 5.97 Å². The van der Waals surface area contributed by atoms with Gasteiger partial charge in [0.25, 0.3) is 5.56 Å². The largest absolute Gasteiger partial charge is 0.478 e. The number of pyridine rings is 1. The normalized spacial score (nSPS) is 16.5. The molecule has 1 aliphatic rings. The average molecular weight is 482 g/mol. The number of carbonyl (C=O) groups is 1. The zero-order valence-electron chi connectivity index (χ0n) is 20.1. The Hall–Kier alpha value is -3.04. The number of fused-ring (bicyclic) bond motifs is 1. The summed E-state index contributed by atoms with van der Waals surface area (Å²) in [4.78, 5) is 38.3. The van der Waals surface area contributed by atoms with Crippen LogP contribution in [0.3, 0.4) is 0 Å². The molecule has 0 unspecified atom stereocenters. The third kappa shape index (κ3) is 5.20. The van der Waals surface area contributed by atoms with Gasteiger partial charge in [-0.1, -0.05) is 13.8 Å². The molecule has 0 aliphatic carbocycles. The third-order valence-corrected chi connectivity index (χ3v) is 7.21. The Balaban J connectivity index is 1.67. The molecule has 1 aliphatic heterocycles. The molecular formula is C25H31N5O3S. The summed E-state index contributed by atoms with van der Waals surface area (Å²) in [5.41, 5.74) is 2.82. The number of nitrogens with zero attached hydrogens (tertiary/aromatic N) is 5. The molecule has 34 heavy (non-hydrogen) atoms. The summed E-state index contributed by atoms with van der Waals surface area (Å²) in [7, 11) is 4.09. The van der Waals surface area contributed by atoms with Crippen molar-refractivity contribution in [3.63, 3.8) is 0 Å². The molecular weight excluding hydrogens is 450 g/mol. The first-order valence-corrected chi connectivity index (χ1v) is 12.4. The molecule has 0 saturated carbocycles. The molecule has 180 valence electrons. The highest BCUT2D eigenvalue weighted by atomic mass is 32.1. The van der Waals surface area contributed by atoms with Gasteiger partial charge in [-0.15, -0.1) is 11.3 Å². The fraction of sp³-hybridized carbons (Fsp3) is 0.440. The third-order valence-electron chi connectivity index (χ3n) is 6.28. The summed E-state index contributed by atoms with van der Waals surface area (Å²) in [5.74, 6) is -0.131. The van der Waals surface area contributed by atoms with Crippen LogP contribution in [0.5, 0.6) is 0 Å². The topological polar surface area (TPSA) is 91.0 Å². The maximum atomic E-state index is 13.3. The van der Waals surface area contributed by atoms with Crippen molar-refractivity contribution in [3.8, 4) is 0 Å². The van der Waals surface area contributed by atoms with Crippen LogP contribution in [0.2, 0.25) is 0 Å². The van der Waals surface area contributed by atoms with Crippen molar-refractivity contribution >= 4 is 34.8 Å². The lowest BCUT2D eigenvalue weighted by Crippen LogP contribution is -2.33. The minimum atomic E-state index is -1.10. The molecule has 3 aromatic heterocycles. The Morgan fingerprint density at radius 2 is 2.12 bits per heavy atom. The highest BCUT2D eigenvalue weighted by molar-refractivity contribution is 7.09. The second-order valence-electron chi connectivity index (χ2n) is 9.26. The van der Waals surface area contributed by atoms with Crippen LogP contribution in [-0.2, 0) is 17.6 Å². The van der Waals surface area contributed by atoms with E-state index in [0.29, 0.717) is 29.0 Å². The zero-order valence-corrected chi connectivity index (χ0v) is 20.9. The molecule has 0 radical (unpaired) electrons. The molecule has 1 saturated heterocycles. The second-order valence-corrected chi connectivity index (χ2v) is 10.2. The Bertz CT molecular complexity index is 1280. The van der Waals surface area contributed by atoms with Crippen LogP contribution in [0.1, 0.15) is 48.0 Å². The van der Waals surface area contributed by atoms with Crippen molar-refractivity contribution in [2.45, 2.75) is 45.1 Å². The number of hydrogen-bond donors (Lipinski definition) is 1. The maximum Gasteiger partial charge on any atom is 0.328 e. The van der Waals surface area contributed by atoms with Gasteiger partial charge in [0.05, 0.1) is 16.3 Å². The van der Waals surface area contributed by atoms with E-state index >= 15 is 0 Å². The lowest BCUT2D eigenvalue weighted by Gasteiger charge is -2.22. The monoisotopic (exact) mass is 481 g/mol. The van der Waals surface area contributed by atoms with Crippen molar-refractivity contribution in [1.82, 2.24) is 19.3 Å². The highest BCUT2D eigenvalue weighted by Crippen LogP contribution is 2.25. The number of aliphatic carboxylic acids is 1. The number of carboxylic acid groups (broad SMARTS) is 1. The lowest BCUT2D eigenvalue weighted by atomic mass is 10.1. The summed E-state index contributed by atoms with van der Waals surface area (Å²) in [6.07, 6.45) is 6.70. The van der Waals surface area contributed by atoms with Crippen LogP contribution in [-0.4, -0.2) is 63.6 Å². The molecule has 0 amide bonds. The van der Waals surface area contributed by atoms with Gasteiger partial charge in [0.1, 0.15) is 11.5 Å². The van der Waals surface area contributed by atoms with E-state index in [1.807, 2.05) is 26.2 Å². The molecule has 9 heteroatoms. The summed E-state index contributed by atoms with van der Waals surface area (Å²) < 4.78 is 1.49. The van der Waals surface area contributed by atoms with Crippen LogP contribution in [0.4, 0.5) is 5.82 Å². The summed E-state index contributed by atoms with van der Waals surface area (Å²) in [5, 5.41) is 12.4. The quantitative estimate of drug-likeness (QED) is 0.494. The molecule has 1 atom stereocenters. The highest BCUT2D eigenvalue weighted by Gasteiger charge is 2.27. The predicted molar refractivity (Wildman–Crippen MR) is 136 cm³/mol. The second kappa shape index (κ2) is 10.1. The number of aryl methyl sites for hydroxylation is 2. The lowest BCUT2D eigenvalue weighted by molar-refractivity contribution is -0.131. The molecule has 0 aromatic carbocycles. The molecule has 0 bridgehead atoms. The molecule has 1 N–H and O–H groups in total. The van der Waals surface area contributed by atoms with Crippen LogP contribution in [0.15, 0.2) is 34.6 Å². The van der Waals surface area contributed by atoms with Gasteiger partial charge in [-0.2, -0.15) is 0 Å². The SMILES string of the molecule is CC(C)c1csc(CCc2ccn3c(=O)c(/C=C/C(=O)O)c(N4CC[C@H](N(C)C)C4)nc3c2)n1. The van der Waals surface area contributed by atoms with Crippen LogP contribution >= 0.6 is 11.3 Å². The van der Waals surface area contributed by atoms with E-state index in [4.69, 9.17) is 15.1 Å². The number of hydrogen-bond acceptors (Lipinski definition) is 7. The number of aromatic nitrogens is 3. The van der Waals surface area contributed by atoms with Gasteiger partial charge in [0.15, 0.2) is 0 Å². The number of thiazole rings is 1. The van der Waals surface area contributed by atoms with Crippen molar-refractivity contribution in [1.29, 1.82) is 0 Å². The Morgan fingerprint density at radius 1 is 1.32 bits per heavy atom. The summed E-state index contributed by atoms with van der Waals surface area (Å²) in [6, 6.07) is 4.23. The Kier molecular flexibility index (Phi) is 7.13. The average Bonchev–Trinajstić information content (AvgIpc) is 3.47. The van der Waals surface area contributed by atoms with E-state index in [-0.39, 0.29) is 5.56 Å². The molecule has 4 heterocycles. The number of carboxylic acids is 1. The van der Waals surface area contributed by atoms with Crippen molar-refractivity contribution in [3.05, 3.63) is 62.0 Å². The first-order valence-electron chi connectivity index (χ1n) is 11.5. The molecule has 3 aromatic rings. The molecule has 0 spiro atoms.